The van der Waals surface area contributed by atoms with Crippen molar-refractivity contribution in [2.24, 2.45) is 0 Å². The molecule has 5 nitrogen and oxygen atoms in total. The van der Waals surface area contributed by atoms with Crippen molar-refractivity contribution in [1.29, 1.82) is 0 Å². The zero-order valence-corrected chi connectivity index (χ0v) is 8.47. The van der Waals surface area contributed by atoms with Crippen molar-refractivity contribution in [3.63, 3.8) is 0 Å². The largest absolute Gasteiger partial charge is 0.481 e. The summed E-state index contributed by atoms with van der Waals surface area (Å²) >= 11 is 0. The van der Waals surface area contributed by atoms with Gasteiger partial charge in [-0.3, -0.25) is 14.4 Å². The smallest absolute Gasteiger partial charge is 0.310 e. The van der Waals surface area contributed by atoms with E-state index >= 15 is 0 Å². The molecular formula is C11H11NO4. The van der Waals surface area contributed by atoms with Crippen LogP contribution in [0.1, 0.15) is 12.8 Å². The van der Waals surface area contributed by atoms with Crippen molar-refractivity contribution in [2.75, 3.05) is 5.32 Å². The topological polar surface area (TPSA) is 83.5 Å². The number of aliphatic carboxylic acids is 1. The summed E-state index contributed by atoms with van der Waals surface area (Å²) in [4.78, 5) is 32.5. The maximum Gasteiger partial charge on any atom is 0.310 e. The Morgan fingerprint density at radius 1 is 1.06 bits per heavy atom. The van der Waals surface area contributed by atoms with Gasteiger partial charge in [0, 0.05) is 5.69 Å². The van der Waals surface area contributed by atoms with Crippen molar-refractivity contribution < 1.29 is 19.5 Å². The Labute approximate surface area is 92.1 Å². The molecule has 0 unspecified atom stereocenters. The molecule has 0 aliphatic heterocycles. The Bertz CT molecular complexity index is 400. The molecule has 1 amide bonds. The molecule has 1 rings (SSSR count). The summed E-state index contributed by atoms with van der Waals surface area (Å²) in [6.45, 7) is 0. The first-order valence-electron chi connectivity index (χ1n) is 4.66. The summed E-state index contributed by atoms with van der Waals surface area (Å²) in [7, 11) is 0. The van der Waals surface area contributed by atoms with Gasteiger partial charge in [-0.1, -0.05) is 18.2 Å². The second kappa shape index (κ2) is 5.65. The zero-order valence-electron chi connectivity index (χ0n) is 8.47. The van der Waals surface area contributed by atoms with Gasteiger partial charge in [0.1, 0.15) is 6.42 Å². The van der Waals surface area contributed by atoms with Crippen LogP contribution in [0.2, 0.25) is 0 Å². The van der Waals surface area contributed by atoms with Crippen molar-refractivity contribution in [2.45, 2.75) is 12.8 Å². The van der Waals surface area contributed by atoms with Crippen molar-refractivity contribution in [3.8, 4) is 0 Å². The number of benzene rings is 1. The highest BCUT2D eigenvalue weighted by Crippen LogP contribution is 2.05. The lowest BCUT2D eigenvalue weighted by Gasteiger charge is -2.03. The molecule has 0 atom stereocenters. The lowest BCUT2D eigenvalue weighted by molar-refractivity contribution is -0.140. The first-order chi connectivity index (χ1) is 7.58. The molecule has 0 aromatic heterocycles. The van der Waals surface area contributed by atoms with Crippen LogP contribution in [-0.2, 0) is 14.4 Å². The predicted octanol–water partition coefficient (Wildman–Crippen LogP) is 1.06. The average molecular weight is 221 g/mol. The second-order valence-corrected chi connectivity index (χ2v) is 3.20. The Kier molecular flexibility index (Phi) is 4.20. The number of anilines is 1. The van der Waals surface area contributed by atoms with E-state index in [9.17, 15) is 14.4 Å². The molecule has 0 aliphatic carbocycles. The highest BCUT2D eigenvalue weighted by molar-refractivity contribution is 6.08. The SMILES string of the molecule is O=C(O)CC(=O)CC(=O)Nc1ccccc1. The van der Waals surface area contributed by atoms with E-state index in [1.807, 2.05) is 0 Å². The molecule has 0 aliphatic rings. The third-order valence-corrected chi connectivity index (χ3v) is 1.76. The number of amides is 1. The van der Waals surface area contributed by atoms with Gasteiger partial charge in [-0.2, -0.15) is 0 Å². The van der Waals surface area contributed by atoms with E-state index in [2.05, 4.69) is 5.32 Å². The van der Waals surface area contributed by atoms with E-state index in [0.29, 0.717) is 5.69 Å². The van der Waals surface area contributed by atoms with Crippen LogP contribution in [0.4, 0.5) is 5.69 Å². The number of carboxylic acid groups (broad SMARTS) is 1. The minimum Gasteiger partial charge on any atom is -0.481 e. The van der Waals surface area contributed by atoms with E-state index in [1.165, 1.54) is 0 Å². The van der Waals surface area contributed by atoms with Crippen molar-refractivity contribution >= 4 is 23.3 Å². The van der Waals surface area contributed by atoms with Crippen LogP contribution < -0.4 is 5.32 Å². The number of para-hydroxylation sites is 1. The van der Waals surface area contributed by atoms with Gasteiger partial charge in [-0.15, -0.1) is 0 Å². The zero-order chi connectivity index (χ0) is 12.0. The van der Waals surface area contributed by atoms with Gasteiger partial charge in [0.2, 0.25) is 5.91 Å². The predicted molar refractivity (Wildman–Crippen MR) is 56.9 cm³/mol. The standard InChI is InChI=1S/C11H11NO4/c13-9(7-11(15)16)6-10(14)12-8-4-2-1-3-5-8/h1-5H,6-7H2,(H,12,14)(H,15,16). The van der Waals surface area contributed by atoms with Crippen LogP contribution in [0.3, 0.4) is 0 Å². The van der Waals surface area contributed by atoms with E-state index in [1.54, 1.807) is 30.3 Å². The molecule has 1 aromatic rings. The van der Waals surface area contributed by atoms with Gasteiger partial charge in [-0.25, -0.2) is 0 Å². The van der Waals surface area contributed by atoms with Crippen LogP contribution >= 0.6 is 0 Å². The Morgan fingerprint density at radius 3 is 2.25 bits per heavy atom. The van der Waals surface area contributed by atoms with Gasteiger partial charge < -0.3 is 10.4 Å². The second-order valence-electron chi connectivity index (χ2n) is 3.20. The summed E-state index contributed by atoms with van der Waals surface area (Å²) in [5, 5.41) is 10.8. The summed E-state index contributed by atoms with van der Waals surface area (Å²) < 4.78 is 0. The lowest BCUT2D eigenvalue weighted by Crippen LogP contribution is -2.18. The first kappa shape index (κ1) is 11.9. The molecule has 1 aromatic carbocycles. The number of rotatable bonds is 5. The molecule has 2 N–H and O–H groups in total. The fraction of sp³-hybridized carbons (Fsp3) is 0.182. The third kappa shape index (κ3) is 4.36. The van der Waals surface area contributed by atoms with Crippen molar-refractivity contribution in [1.82, 2.24) is 0 Å². The molecule has 16 heavy (non-hydrogen) atoms. The van der Waals surface area contributed by atoms with Crippen LogP contribution in [0.5, 0.6) is 0 Å². The van der Waals surface area contributed by atoms with Crippen LogP contribution in [0.15, 0.2) is 30.3 Å². The third-order valence-electron chi connectivity index (χ3n) is 1.76. The summed E-state index contributed by atoms with van der Waals surface area (Å²) in [6, 6.07) is 8.65. The summed E-state index contributed by atoms with van der Waals surface area (Å²) in [5.74, 6) is -2.34. The Hall–Kier alpha value is -2.17. The van der Waals surface area contributed by atoms with E-state index in [-0.39, 0.29) is 0 Å². The number of carboxylic acids is 1. The monoisotopic (exact) mass is 221 g/mol. The molecule has 0 bridgehead atoms. The Morgan fingerprint density at radius 2 is 1.69 bits per heavy atom. The van der Waals surface area contributed by atoms with E-state index < -0.39 is 30.5 Å². The number of carbonyl (C=O) groups is 3. The summed E-state index contributed by atoms with van der Waals surface area (Å²) in [6.07, 6.45) is -1.04. The number of Topliss-reactive ketones (excluding diaryl/α,β-unsaturated/α-hetero) is 1. The number of ketones is 1. The average Bonchev–Trinajstić information content (AvgIpc) is 2.17. The number of carbonyl (C=O) groups excluding carboxylic acids is 2. The van der Waals surface area contributed by atoms with Crippen LogP contribution in [-0.4, -0.2) is 22.8 Å². The van der Waals surface area contributed by atoms with Gasteiger partial charge in [-0.05, 0) is 12.1 Å². The molecule has 0 saturated carbocycles. The van der Waals surface area contributed by atoms with Gasteiger partial charge >= 0.3 is 5.97 Å². The van der Waals surface area contributed by atoms with E-state index in [4.69, 9.17) is 5.11 Å². The minimum atomic E-state index is -1.22. The van der Waals surface area contributed by atoms with Gasteiger partial charge in [0.15, 0.2) is 5.78 Å². The highest BCUT2D eigenvalue weighted by atomic mass is 16.4. The number of hydrogen-bond acceptors (Lipinski definition) is 3. The fourth-order valence-corrected chi connectivity index (χ4v) is 1.14. The molecule has 0 saturated heterocycles. The number of nitrogens with one attached hydrogen (secondary N) is 1. The highest BCUT2D eigenvalue weighted by Gasteiger charge is 2.12. The normalized spacial score (nSPS) is 9.50. The molecule has 84 valence electrons. The molecule has 0 radical (unpaired) electrons. The molecule has 0 heterocycles. The maximum absolute atomic E-state index is 11.3. The molecule has 5 heteroatoms. The fourth-order valence-electron chi connectivity index (χ4n) is 1.14. The lowest BCUT2D eigenvalue weighted by atomic mass is 10.2. The Balaban J connectivity index is 2.42. The molecule has 0 fully saturated rings. The van der Waals surface area contributed by atoms with Crippen LogP contribution in [0.25, 0.3) is 0 Å². The van der Waals surface area contributed by atoms with Gasteiger partial charge in [0.05, 0.1) is 6.42 Å². The minimum absolute atomic E-state index is 0.415. The van der Waals surface area contributed by atoms with Crippen molar-refractivity contribution in [3.05, 3.63) is 30.3 Å². The summed E-state index contributed by atoms with van der Waals surface area (Å²) in [5.41, 5.74) is 0.579. The molecular weight excluding hydrogens is 210 g/mol. The number of hydrogen-bond donors (Lipinski definition) is 2. The van der Waals surface area contributed by atoms with E-state index in [0.717, 1.165) is 0 Å². The first-order valence-corrected chi connectivity index (χ1v) is 4.66. The molecule has 0 spiro atoms. The van der Waals surface area contributed by atoms with Crippen LogP contribution in [0, 0.1) is 0 Å². The van der Waals surface area contributed by atoms with Gasteiger partial charge in [0.25, 0.3) is 0 Å². The quantitative estimate of drug-likeness (QED) is 0.728. The maximum atomic E-state index is 11.3.